The molecule has 0 saturated carbocycles. The van der Waals surface area contributed by atoms with Gasteiger partial charge in [0.15, 0.2) is 11.6 Å². The Morgan fingerprint density at radius 1 is 1.44 bits per heavy atom. The van der Waals surface area contributed by atoms with Gasteiger partial charge < -0.3 is 0 Å². The van der Waals surface area contributed by atoms with E-state index >= 15 is 0 Å². The van der Waals surface area contributed by atoms with E-state index in [2.05, 4.69) is 15.5 Å². The Hall–Kier alpha value is -1.19. The standard InChI is InChI=1S/C5H6N3O/c1-3(9)5-6-4(2)7-8-5/h1-2H3. The summed E-state index contributed by atoms with van der Waals surface area (Å²) < 4.78 is 0. The van der Waals surface area contributed by atoms with E-state index in [1.165, 1.54) is 6.92 Å². The summed E-state index contributed by atoms with van der Waals surface area (Å²) in [4.78, 5) is 10.5. The molecular weight excluding hydrogens is 118 g/mol. The third-order valence-electron chi connectivity index (χ3n) is 0.872. The van der Waals surface area contributed by atoms with Gasteiger partial charge in [-0.15, -0.1) is 10.2 Å². The van der Waals surface area contributed by atoms with Crippen LogP contribution in [-0.4, -0.2) is 17.5 Å². The van der Waals surface area contributed by atoms with Crippen molar-refractivity contribution < 1.29 is 4.79 Å². The van der Waals surface area contributed by atoms with E-state index in [-0.39, 0.29) is 11.6 Å². The highest BCUT2D eigenvalue weighted by molar-refractivity contribution is 6.41. The van der Waals surface area contributed by atoms with Crippen LogP contribution in [-0.2, 0) is 4.79 Å². The summed E-state index contributed by atoms with van der Waals surface area (Å²) in [6.07, 6.45) is 0. The Morgan fingerprint density at radius 3 is 2.33 bits per heavy atom. The number of carbonyl (C=O) groups is 1. The van der Waals surface area contributed by atoms with Gasteiger partial charge in [-0.05, 0) is 6.92 Å². The second-order valence-electron chi connectivity index (χ2n) is 1.74. The summed E-state index contributed by atoms with van der Waals surface area (Å²) in [5.74, 6) is 0.600. The van der Waals surface area contributed by atoms with E-state index in [0.29, 0.717) is 5.84 Å². The molecule has 0 aromatic rings. The quantitative estimate of drug-likeness (QED) is 0.482. The van der Waals surface area contributed by atoms with Crippen LogP contribution < -0.4 is 5.32 Å². The van der Waals surface area contributed by atoms with Crippen molar-refractivity contribution in [3.05, 3.63) is 0 Å². The lowest BCUT2D eigenvalue weighted by atomic mass is 10.4. The second-order valence-corrected chi connectivity index (χ2v) is 1.74. The van der Waals surface area contributed by atoms with Crippen LogP contribution in [0.1, 0.15) is 13.8 Å². The molecule has 0 amide bonds. The zero-order chi connectivity index (χ0) is 6.85. The number of ketones is 1. The van der Waals surface area contributed by atoms with Crippen molar-refractivity contribution >= 4 is 17.5 Å². The summed E-state index contributed by atoms with van der Waals surface area (Å²) in [6, 6.07) is 0. The number of rotatable bonds is 1. The van der Waals surface area contributed by atoms with Gasteiger partial charge in [-0.3, -0.25) is 4.79 Å². The molecule has 0 saturated heterocycles. The van der Waals surface area contributed by atoms with Gasteiger partial charge >= 0.3 is 0 Å². The first-order valence-electron chi connectivity index (χ1n) is 2.55. The topological polar surface area (TPSA) is 55.9 Å². The number of carbonyl (C=O) groups excluding carboxylic acids is 1. The molecule has 1 radical (unpaired) electrons. The van der Waals surface area contributed by atoms with Gasteiger partial charge in [0.05, 0.1) is 0 Å². The largest absolute Gasteiger partial charge is 0.291 e. The molecule has 0 aliphatic carbocycles. The van der Waals surface area contributed by atoms with Crippen LogP contribution in [0.25, 0.3) is 0 Å². The van der Waals surface area contributed by atoms with Crippen molar-refractivity contribution in [1.29, 1.82) is 0 Å². The fourth-order valence-electron chi connectivity index (χ4n) is 0.467. The highest BCUT2D eigenvalue weighted by atomic mass is 16.1. The van der Waals surface area contributed by atoms with Gasteiger partial charge in [0.1, 0.15) is 0 Å². The first-order chi connectivity index (χ1) is 4.20. The van der Waals surface area contributed by atoms with Crippen LogP contribution >= 0.6 is 0 Å². The minimum atomic E-state index is -0.143. The third kappa shape index (κ3) is 1.13. The molecule has 0 spiro atoms. The van der Waals surface area contributed by atoms with Crippen LogP contribution in [0.15, 0.2) is 10.2 Å². The van der Waals surface area contributed by atoms with Gasteiger partial charge in [0, 0.05) is 6.92 Å². The Bertz CT molecular complexity index is 204. The molecule has 1 rings (SSSR count). The summed E-state index contributed by atoms with van der Waals surface area (Å²) in [7, 11) is 0. The van der Waals surface area contributed by atoms with Gasteiger partial charge in [0.25, 0.3) is 0 Å². The molecule has 0 bridgehead atoms. The molecule has 1 aliphatic heterocycles. The molecule has 4 heteroatoms. The lowest BCUT2D eigenvalue weighted by Gasteiger charge is -1.88. The fraction of sp³-hybridized carbons (Fsp3) is 0.400. The SMILES string of the molecule is CC(=O)C1=NN=C(C)[N]1. The molecule has 47 valence electrons. The van der Waals surface area contributed by atoms with Crippen LogP contribution in [0, 0.1) is 0 Å². The summed E-state index contributed by atoms with van der Waals surface area (Å²) in [6.45, 7) is 3.11. The highest BCUT2D eigenvalue weighted by Gasteiger charge is 2.12. The van der Waals surface area contributed by atoms with Crippen LogP contribution in [0.3, 0.4) is 0 Å². The van der Waals surface area contributed by atoms with E-state index in [9.17, 15) is 4.79 Å². The van der Waals surface area contributed by atoms with Crippen LogP contribution in [0.2, 0.25) is 0 Å². The lowest BCUT2D eigenvalue weighted by molar-refractivity contribution is -0.111. The van der Waals surface area contributed by atoms with E-state index in [1.54, 1.807) is 6.92 Å². The lowest BCUT2D eigenvalue weighted by Crippen LogP contribution is -2.22. The van der Waals surface area contributed by atoms with E-state index < -0.39 is 0 Å². The van der Waals surface area contributed by atoms with Crippen molar-refractivity contribution in [1.82, 2.24) is 5.32 Å². The molecule has 1 heterocycles. The molecule has 1 aliphatic rings. The fourth-order valence-corrected chi connectivity index (χ4v) is 0.467. The van der Waals surface area contributed by atoms with Gasteiger partial charge in [-0.1, -0.05) is 0 Å². The van der Waals surface area contributed by atoms with Crippen molar-refractivity contribution in [2.75, 3.05) is 0 Å². The predicted molar refractivity (Wildman–Crippen MR) is 33.4 cm³/mol. The molecule has 0 fully saturated rings. The number of nitrogens with zero attached hydrogens (tertiary/aromatic N) is 3. The monoisotopic (exact) mass is 124 g/mol. The van der Waals surface area contributed by atoms with Crippen molar-refractivity contribution in [3.8, 4) is 0 Å². The van der Waals surface area contributed by atoms with E-state index in [4.69, 9.17) is 0 Å². The maximum atomic E-state index is 10.5. The van der Waals surface area contributed by atoms with Crippen LogP contribution in [0.4, 0.5) is 0 Å². The second kappa shape index (κ2) is 1.97. The first-order valence-corrected chi connectivity index (χ1v) is 2.55. The zero-order valence-corrected chi connectivity index (χ0v) is 5.25. The van der Waals surface area contributed by atoms with E-state index in [0.717, 1.165) is 0 Å². The van der Waals surface area contributed by atoms with Crippen molar-refractivity contribution in [2.45, 2.75) is 13.8 Å². The molecule has 0 N–H and O–H groups in total. The zero-order valence-electron chi connectivity index (χ0n) is 5.25. The highest BCUT2D eigenvalue weighted by Crippen LogP contribution is 1.91. The van der Waals surface area contributed by atoms with Gasteiger partial charge in [0.2, 0.25) is 5.84 Å². The molecule has 0 unspecified atom stereocenters. The Labute approximate surface area is 52.7 Å². The Kier molecular flexibility index (Phi) is 1.30. The number of Topliss-reactive ketones (excluding diaryl/α,β-unsaturated/α-hetero) is 1. The van der Waals surface area contributed by atoms with E-state index in [1.807, 2.05) is 0 Å². The molecule has 0 atom stereocenters. The number of hydrogen-bond donors (Lipinski definition) is 0. The minimum absolute atomic E-state index is 0.143. The average Bonchev–Trinajstić information content (AvgIpc) is 2.14. The summed E-state index contributed by atoms with van der Waals surface area (Å²) in [5.41, 5.74) is 0. The number of hydrogen-bond acceptors (Lipinski definition) is 3. The third-order valence-corrected chi connectivity index (χ3v) is 0.872. The van der Waals surface area contributed by atoms with Crippen molar-refractivity contribution in [3.63, 3.8) is 0 Å². The normalized spacial score (nSPS) is 16.2. The molecule has 9 heavy (non-hydrogen) atoms. The molecule has 0 aromatic heterocycles. The maximum absolute atomic E-state index is 10.5. The first kappa shape index (κ1) is 5.94. The smallest absolute Gasteiger partial charge is 0.219 e. The molecule has 0 aromatic carbocycles. The minimum Gasteiger partial charge on any atom is -0.291 e. The summed E-state index contributed by atoms with van der Waals surface area (Å²) >= 11 is 0. The predicted octanol–water partition coefficient (Wildman–Crippen LogP) is -0.0747. The van der Waals surface area contributed by atoms with Crippen LogP contribution in [0.5, 0.6) is 0 Å². The van der Waals surface area contributed by atoms with Crippen molar-refractivity contribution in [2.24, 2.45) is 10.2 Å². The maximum Gasteiger partial charge on any atom is 0.219 e. The Balaban J connectivity index is 2.64. The Morgan fingerprint density at radius 2 is 2.11 bits per heavy atom. The molecule has 4 nitrogen and oxygen atoms in total. The van der Waals surface area contributed by atoms with Gasteiger partial charge in [-0.2, -0.15) is 0 Å². The number of amidine groups is 2. The average molecular weight is 124 g/mol. The molecular formula is C5H6N3O. The van der Waals surface area contributed by atoms with Gasteiger partial charge in [-0.25, -0.2) is 5.32 Å². The summed E-state index contributed by atoms with van der Waals surface area (Å²) in [5, 5.41) is 10.8.